The SMILES string of the molecule is CCOCCN[C@H]1C[C@H]2CC[C@@H]1C2. The lowest BCUT2D eigenvalue weighted by molar-refractivity contribution is 0.144. The molecule has 2 rings (SSSR count). The summed E-state index contributed by atoms with van der Waals surface area (Å²) in [5, 5.41) is 3.62. The normalized spacial score (nSPS) is 37.2. The van der Waals surface area contributed by atoms with E-state index in [2.05, 4.69) is 12.2 Å². The smallest absolute Gasteiger partial charge is 0.0590 e. The van der Waals surface area contributed by atoms with Crippen molar-refractivity contribution in [3.05, 3.63) is 0 Å². The van der Waals surface area contributed by atoms with Gasteiger partial charge in [-0.15, -0.1) is 0 Å². The van der Waals surface area contributed by atoms with Crippen LogP contribution in [0.4, 0.5) is 0 Å². The number of nitrogens with one attached hydrogen (secondary N) is 1. The Balaban J connectivity index is 1.60. The third kappa shape index (κ3) is 2.23. The van der Waals surface area contributed by atoms with Gasteiger partial charge in [-0.25, -0.2) is 0 Å². The highest BCUT2D eigenvalue weighted by atomic mass is 16.5. The molecule has 2 fully saturated rings. The molecule has 0 aliphatic heterocycles. The van der Waals surface area contributed by atoms with Gasteiger partial charge in [0, 0.05) is 19.2 Å². The van der Waals surface area contributed by atoms with E-state index in [9.17, 15) is 0 Å². The lowest BCUT2D eigenvalue weighted by Gasteiger charge is -2.22. The van der Waals surface area contributed by atoms with Gasteiger partial charge in [0.2, 0.25) is 0 Å². The summed E-state index contributed by atoms with van der Waals surface area (Å²) in [6.07, 6.45) is 5.88. The molecule has 2 aliphatic rings. The number of hydrogen-bond donors (Lipinski definition) is 1. The maximum Gasteiger partial charge on any atom is 0.0590 e. The number of ether oxygens (including phenoxy) is 1. The summed E-state index contributed by atoms with van der Waals surface area (Å²) >= 11 is 0. The molecule has 3 atom stereocenters. The Labute approximate surface area is 81.0 Å². The summed E-state index contributed by atoms with van der Waals surface area (Å²) in [5.41, 5.74) is 0. The van der Waals surface area contributed by atoms with Crippen LogP contribution in [0.2, 0.25) is 0 Å². The maximum absolute atomic E-state index is 5.31. The highest BCUT2D eigenvalue weighted by Crippen LogP contribution is 2.44. The minimum atomic E-state index is 0.819. The van der Waals surface area contributed by atoms with Crippen molar-refractivity contribution < 1.29 is 4.74 Å². The summed E-state index contributed by atoms with van der Waals surface area (Å²) in [6.45, 7) is 4.82. The predicted molar refractivity (Wildman–Crippen MR) is 53.7 cm³/mol. The quantitative estimate of drug-likeness (QED) is 0.656. The van der Waals surface area contributed by atoms with E-state index in [0.717, 1.165) is 37.6 Å². The monoisotopic (exact) mass is 183 g/mol. The van der Waals surface area contributed by atoms with Crippen LogP contribution < -0.4 is 5.32 Å². The van der Waals surface area contributed by atoms with E-state index in [1.807, 2.05) is 0 Å². The zero-order chi connectivity index (χ0) is 9.10. The largest absolute Gasteiger partial charge is 0.380 e. The Morgan fingerprint density at radius 3 is 2.85 bits per heavy atom. The summed E-state index contributed by atoms with van der Waals surface area (Å²) < 4.78 is 5.31. The average Bonchev–Trinajstić information content (AvgIpc) is 2.73. The van der Waals surface area contributed by atoms with Gasteiger partial charge in [0.15, 0.2) is 0 Å². The molecule has 0 aromatic rings. The molecule has 2 saturated carbocycles. The van der Waals surface area contributed by atoms with Crippen LogP contribution in [-0.4, -0.2) is 25.8 Å². The minimum Gasteiger partial charge on any atom is -0.380 e. The molecule has 0 saturated heterocycles. The molecule has 0 aromatic carbocycles. The topological polar surface area (TPSA) is 21.3 Å². The van der Waals surface area contributed by atoms with Gasteiger partial charge < -0.3 is 10.1 Å². The van der Waals surface area contributed by atoms with Crippen molar-refractivity contribution in [2.24, 2.45) is 11.8 Å². The van der Waals surface area contributed by atoms with E-state index in [-0.39, 0.29) is 0 Å². The van der Waals surface area contributed by atoms with E-state index in [0.29, 0.717) is 0 Å². The van der Waals surface area contributed by atoms with Crippen LogP contribution in [0.25, 0.3) is 0 Å². The Kier molecular flexibility index (Phi) is 3.23. The summed E-state index contributed by atoms with van der Waals surface area (Å²) in [4.78, 5) is 0. The Morgan fingerprint density at radius 2 is 2.23 bits per heavy atom. The van der Waals surface area contributed by atoms with Crippen LogP contribution in [0.15, 0.2) is 0 Å². The fraction of sp³-hybridized carbons (Fsp3) is 1.00. The first-order chi connectivity index (χ1) is 6.40. The highest BCUT2D eigenvalue weighted by Gasteiger charge is 2.38. The number of fused-ring (bicyclic) bond motifs is 2. The lowest BCUT2D eigenvalue weighted by Crippen LogP contribution is -2.36. The van der Waals surface area contributed by atoms with Gasteiger partial charge in [0.05, 0.1) is 6.61 Å². The first-order valence-electron chi connectivity index (χ1n) is 5.71. The van der Waals surface area contributed by atoms with Crippen molar-refractivity contribution in [3.63, 3.8) is 0 Å². The standard InChI is InChI=1S/C11H21NO/c1-2-13-6-5-12-11-8-9-3-4-10(11)7-9/h9-12H,2-8H2,1H3/t9-,10+,11-/m0/s1. The van der Waals surface area contributed by atoms with Crippen molar-refractivity contribution in [2.75, 3.05) is 19.8 Å². The van der Waals surface area contributed by atoms with Crippen LogP contribution >= 0.6 is 0 Å². The lowest BCUT2D eigenvalue weighted by atomic mass is 9.95. The molecule has 2 heteroatoms. The molecule has 0 amide bonds. The Hall–Kier alpha value is -0.0800. The highest BCUT2D eigenvalue weighted by molar-refractivity contribution is 4.93. The molecule has 0 spiro atoms. The van der Waals surface area contributed by atoms with Crippen molar-refractivity contribution in [3.8, 4) is 0 Å². The van der Waals surface area contributed by atoms with Gasteiger partial charge in [-0.1, -0.05) is 6.42 Å². The molecule has 0 unspecified atom stereocenters. The summed E-state index contributed by atoms with van der Waals surface area (Å²) in [6, 6.07) is 0.819. The van der Waals surface area contributed by atoms with Crippen LogP contribution in [0.3, 0.4) is 0 Å². The molecule has 2 nitrogen and oxygen atoms in total. The summed E-state index contributed by atoms with van der Waals surface area (Å²) in [5.74, 6) is 2.04. The van der Waals surface area contributed by atoms with E-state index < -0.39 is 0 Å². The second-order valence-electron chi connectivity index (χ2n) is 4.43. The zero-order valence-electron chi connectivity index (χ0n) is 8.59. The van der Waals surface area contributed by atoms with Gasteiger partial charge in [0.25, 0.3) is 0 Å². The van der Waals surface area contributed by atoms with E-state index >= 15 is 0 Å². The molecular formula is C11H21NO. The molecule has 0 aromatic heterocycles. The van der Waals surface area contributed by atoms with Crippen molar-refractivity contribution >= 4 is 0 Å². The molecule has 0 radical (unpaired) electrons. The van der Waals surface area contributed by atoms with Crippen LogP contribution in [0.5, 0.6) is 0 Å². The van der Waals surface area contributed by atoms with Gasteiger partial charge in [0.1, 0.15) is 0 Å². The second-order valence-corrected chi connectivity index (χ2v) is 4.43. The fourth-order valence-electron chi connectivity index (χ4n) is 2.96. The maximum atomic E-state index is 5.31. The van der Waals surface area contributed by atoms with E-state index in [4.69, 9.17) is 4.74 Å². The fourth-order valence-corrected chi connectivity index (χ4v) is 2.96. The van der Waals surface area contributed by atoms with Crippen molar-refractivity contribution in [1.82, 2.24) is 5.32 Å². The van der Waals surface area contributed by atoms with Crippen LogP contribution in [0.1, 0.15) is 32.6 Å². The number of rotatable bonds is 5. The minimum absolute atomic E-state index is 0.819. The molecule has 13 heavy (non-hydrogen) atoms. The van der Waals surface area contributed by atoms with Crippen molar-refractivity contribution in [1.29, 1.82) is 0 Å². The Morgan fingerprint density at radius 1 is 1.31 bits per heavy atom. The second kappa shape index (κ2) is 4.43. The zero-order valence-corrected chi connectivity index (χ0v) is 8.59. The van der Waals surface area contributed by atoms with Crippen LogP contribution in [0, 0.1) is 11.8 Å². The predicted octanol–water partition coefficient (Wildman–Crippen LogP) is 1.80. The van der Waals surface area contributed by atoms with E-state index in [1.165, 1.54) is 25.7 Å². The molecular weight excluding hydrogens is 162 g/mol. The van der Waals surface area contributed by atoms with Crippen molar-refractivity contribution in [2.45, 2.75) is 38.6 Å². The molecule has 76 valence electrons. The molecule has 1 N–H and O–H groups in total. The number of hydrogen-bond acceptors (Lipinski definition) is 2. The van der Waals surface area contributed by atoms with Gasteiger partial charge in [-0.3, -0.25) is 0 Å². The average molecular weight is 183 g/mol. The Bertz CT molecular complexity index is 160. The molecule has 2 bridgehead atoms. The third-order valence-corrected chi connectivity index (χ3v) is 3.60. The van der Waals surface area contributed by atoms with Gasteiger partial charge in [-0.2, -0.15) is 0 Å². The van der Waals surface area contributed by atoms with Gasteiger partial charge >= 0.3 is 0 Å². The molecule has 0 heterocycles. The van der Waals surface area contributed by atoms with Gasteiger partial charge in [-0.05, 0) is 38.0 Å². The summed E-state index contributed by atoms with van der Waals surface area (Å²) in [7, 11) is 0. The van der Waals surface area contributed by atoms with E-state index in [1.54, 1.807) is 0 Å². The third-order valence-electron chi connectivity index (χ3n) is 3.60. The first-order valence-corrected chi connectivity index (χ1v) is 5.71. The molecule has 2 aliphatic carbocycles. The van der Waals surface area contributed by atoms with Crippen LogP contribution in [-0.2, 0) is 4.74 Å². The first kappa shape index (κ1) is 9.47.